The number of benzene rings is 2. The van der Waals surface area contributed by atoms with Crippen molar-refractivity contribution in [3.8, 4) is 5.75 Å². The van der Waals surface area contributed by atoms with E-state index in [1.165, 1.54) is 0 Å². The molecule has 1 aliphatic heterocycles. The van der Waals surface area contributed by atoms with E-state index in [0.29, 0.717) is 40.1 Å². The van der Waals surface area contributed by atoms with E-state index in [2.05, 4.69) is 9.88 Å². The Morgan fingerprint density at radius 3 is 2.74 bits per heavy atom. The van der Waals surface area contributed by atoms with E-state index in [1.807, 2.05) is 36.4 Å². The van der Waals surface area contributed by atoms with Crippen LogP contribution in [0.5, 0.6) is 5.75 Å². The topological polar surface area (TPSA) is 62.7 Å². The van der Waals surface area contributed by atoms with Crippen molar-refractivity contribution in [1.82, 2.24) is 9.88 Å². The number of methoxy groups -OCH3 is 1. The van der Waals surface area contributed by atoms with E-state index in [9.17, 15) is 9.90 Å². The van der Waals surface area contributed by atoms with Gasteiger partial charge in [-0.05, 0) is 105 Å². The van der Waals surface area contributed by atoms with Crippen LogP contribution in [-0.2, 0) is 4.79 Å². The molecule has 5 nitrogen and oxygen atoms in total. The number of fused-ring (bicyclic) bond motifs is 1. The summed E-state index contributed by atoms with van der Waals surface area (Å²) >= 11 is 14.2. The Bertz CT molecular complexity index is 1240. The van der Waals surface area contributed by atoms with Gasteiger partial charge in [0.1, 0.15) is 11.9 Å². The average Bonchev–Trinajstić information content (AvgIpc) is 2.93. The van der Waals surface area contributed by atoms with Crippen LogP contribution in [0.15, 0.2) is 53.6 Å². The number of halogens is 3. The fourth-order valence-electron chi connectivity index (χ4n) is 5.52. The van der Waals surface area contributed by atoms with E-state index in [4.69, 9.17) is 27.9 Å². The Morgan fingerprint density at radius 1 is 1.21 bits per heavy atom. The number of rotatable bonds is 13. The first-order chi connectivity index (χ1) is 18.9. The maximum atomic E-state index is 15.6. The van der Waals surface area contributed by atoms with Crippen molar-refractivity contribution in [3.05, 3.63) is 64.3 Å². The van der Waals surface area contributed by atoms with Crippen LogP contribution in [0.3, 0.4) is 0 Å². The van der Waals surface area contributed by atoms with Crippen molar-refractivity contribution < 1.29 is 19.0 Å². The van der Waals surface area contributed by atoms with Crippen molar-refractivity contribution in [2.75, 3.05) is 32.5 Å². The van der Waals surface area contributed by atoms with E-state index in [-0.39, 0.29) is 12.3 Å². The molecule has 2 aromatic carbocycles. The highest BCUT2D eigenvalue weighted by Crippen LogP contribution is 2.37. The molecule has 0 spiro atoms. The number of nitrogens with zero attached hydrogens (tertiary/aromatic N) is 2. The van der Waals surface area contributed by atoms with Gasteiger partial charge in [0, 0.05) is 29.4 Å². The zero-order valence-corrected chi connectivity index (χ0v) is 24.5. The molecular formula is C30H35Cl2FN2O3S. The van der Waals surface area contributed by atoms with Gasteiger partial charge in [0.15, 0.2) is 0 Å². The number of thioether (sulfide) groups is 1. The normalized spacial score (nSPS) is 18.8. The predicted molar refractivity (Wildman–Crippen MR) is 158 cm³/mol. The summed E-state index contributed by atoms with van der Waals surface area (Å²) in [5.74, 6) is 1.34. The second-order valence-corrected chi connectivity index (χ2v) is 12.0. The summed E-state index contributed by atoms with van der Waals surface area (Å²) in [6.45, 7) is 2.72. The molecule has 3 aromatic rings. The standard InChI is InChI=1S/C30H35Cl2FN2O3S/c1-38-22-8-10-28-24(18-22)23(12-14-34-28)27(33)9-6-20-13-16-35(19-21(20)7-11-29(36)37)15-3-17-39-30-25(31)4-2-5-26(30)32/h2,4-5,8,10,12,14,18,20-21,27H,3,6-7,9,11,13,15-17,19H2,1H3,(H,36,37)/t20-,21-,27-/m1/s1. The van der Waals surface area contributed by atoms with Crippen LogP contribution in [-0.4, -0.2) is 53.5 Å². The van der Waals surface area contributed by atoms with Crippen molar-refractivity contribution in [1.29, 1.82) is 0 Å². The SMILES string of the molecule is COc1ccc2nccc([C@H](F)CC[C@@H]3CCN(CCCSc4c(Cl)cccc4Cl)C[C@H]3CCC(=O)O)c2c1. The number of aliphatic carboxylic acids is 1. The second kappa shape index (κ2) is 14.5. The van der Waals surface area contributed by atoms with Crippen LogP contribution in [0.4, 0.5) is 4.39 Å². The fourth-order valence-corrected chi connectivity index (χ4v) is 7.13. The van der Waals surface area contributed by atoms with Crippen LogP contribution < -0.4 is 4.74 Å². The summed E-state index contributed by atoms with van der Waals surface area (Å²) in [5.41, 5.74) is 1.38. The number of carboxylic acid groups (broad SMARTS) is 1. The van der Waals surface area contributed by atoms with E-state index < -0.39 is 12.1 Å². The zero-order valence-electron chi connectivity index (χ0n) is 22.1. The molecule has 1 saturated heterocycles. The number of piperidine rings is 1. The Kier molecular flexibility index (Phi) is 11.1. The van der Waals surface area contributed by atoms with Gasteiger partial charge in [-0.2, -0.15) is 0 Å². The molecule has 1 aromatic heterocycles. The third-order valence-corrected chi connectivity index (χ3v) is 9.67. The number of carboxylic acids is 1. The number of aromatic nitrogens is 1. The monoisotopic (exact) mass is 592 g/mol. The third-order valence-electron chi connectivity index (χ3n) is 7.60. The van der Waals surface area contributed by atoms with E-state index >= 15 is 4.39 Å². The van der Waals surface area contributed by atoms with Crippen LogP contribution in [0, 0.1) is 11.8 Å². The summed E-state index contributed by atoms with van der Waals surface area (Å²) in [4.78, 5) is 19.1. The first-order valence-electron chi connectivity index (χ1n) is 13.4. The summed E-state index contributed by atoms with van der Waals surface area (Å²) in [7, 11) is 1.60. The number of hydrogen-bond acceptors (Lipinski definition) is 5. The second-order valence-electron chi connectivity index (χ2n) is 10.1. The van der Waals surface area contributed by atoms with Crippen molar-refractivity contribution in [2.24, 2.45) is 11.8 Å². The van der Waals surface area contributed by atoms with E-state index in [0.717, 1.165) is 60.4 Å². The Hall–Kier alpha value is -2.06. The lowest BCUT2D eigenvalue weighted by molar-refractivity contribution is -0.137. The molecule has 39 heavy (non-hydrogen) atoms. The molecule has 210 valence electrons. The Balaban J connectivity index is 1.32. The molecule has 0 saturated carbocycles. The minimum Gasteiger partial charge on any atom is -0.497 e. The van der Waals surface area contributed by atoms with Crippen molar-refractivity contribution in [2.45, 2.75) is 49.6 Å². The minimum atomic E-state index is -1.12. The number of likely N-dealkylation sites (tertiary alicyclic amines) is 1. The summed E-state index contributed by atoms with van der Waals surface area (Å²) in [5, 5.41) is 11.4. The lowest BCUT2D eigenvalue weighted by Gasteiger charge is -2.39. The van der Waals surface area contributed by atoms with Crippen LogP contribution in [0.25, 0.3) is 10.9 Å². The first-order valence-corrected chi connectivity index (χ1v) is 15.2. The van der Waals surface area contributed by atoms with Gasteiger partial charge in [0.05, 0.1) is 22.7 Å². The van der Waals surface area contributed by atoms with Gasteiger partial charge in [-0.1, -0.05) is 29.3 Å². The molecule has 1 fully saturated rings. The molecule has 0 amide bonds. The van der Waals surface area contributed by atoms with Crippen LogP contribution in [0.2, 0.25) is 10.0 Å². The lowest BCUT2D eigenvalue weighted by atomic mass is 9.79. The van der Waals surface area contributed by atoms with Gasteiger partial charge in [0.25, 0.3) is 0 Å². The largest absolute Gasteiger partial charge is 0.497 e. The minimum absolute atomic E-state index is 0.143. The predicted octanol–water partition coefficient (Wildman–Crippen LogP) is 8.33. The number of pyridine rings is 1. The highest BCUT2D eigenvalue weighted by atomic mass is 35.5. The average molecular weight is 594 g/mol. The Morgan fingerprint density at radius 2 is 2.00 bits per heavy atom. The van der Waals surface area contributed by atoms with Crippen LogP contribution >= 0.6 is 35.0 Å². The smallest absolute Gasteiger partial charge is 0.303 e. The Labute approximate surface area is 244 Å². The maximum Gasteiger partial charge on any atom is 0.303 e. The molecule has 4 rings (SSSR count). The maximum absolute atomic E-state index is 15.6. The molecule has 2 heterocycles. The summed E-state index contributed by atoms with van der Waals surface area (Å²) < 4.78 is 20.9. The molecule has 0 unspecified atom stereocenters. The van der Waals surface area contributed by atoms with Crippen molar-refractivity contribution in [3.63, 3.8) is 0 Å². The fraction of sp³-hybridized carbons (Fsp3) is 0.467. The molecule has 0 radical (unpaired) electrons. The van der Waals surface area contributed by atoms with Gasteiger partial charge < -0.3 is 14.7 Å². The van der Waals surface area contributed by atoms with Gasteiger partial charge in [-0.3, -0.25) is 9.78 Å². The molecular weight excluding hydrogens is 558 g/mol. The number of alkyl halides is 1. The molecule has 3 atom stereocenters. The lowest BCUT2D eigenvalue weighted by Crippen LogP contribution is -2.41. The molecule has 9 heteroatoms. The molecule has 1 aliphatic rings. The summed E-state index contributed by atoms with van der Waals surface area (Å²) in [6.07, 6.45) is 4.36. The third kappa shape index (κ3) is 8.23. The first kappa shape index (κ1) is 29.9. The highest BCUT2D eigenvalue weighted by molar-refractivity contribution is 7.99. The van der Waals surface area contributed by atoms with Crippen LogP contribution in [0.1, 0.15) is 50.3 Å². The van der Waals surface area contributed by atoms with Gasteiger partial charge in [-0.25, -0.2) is 4.39 Å². The highest BCUT2D eigenvalue weighted by Gasteiger charge is 2.30. The summed E-state index contributed by atoms with van der Waals surface area (Å²) in [6, 6.07) is 12.8. The van der Waals surface area contributed by atoms with Crippen molar-refractivity contribution >= 4 is 51.8 Å². The van der Waals surface area contributed by atoms with E-state index in [1.54, 1.807) is 31.1 Å². The van der Waals surface area contributed by atoms with Gasteiger partial charge >= 0.3 is 5.97 Å². The number of ether oxygens (including phenoxy) is 1. The zero-order chi connectivity index (χ0) is 27.8. The van der Waals surface area contributed by atoms with Gasteiger partial charge in [0.2, 0.25) is 0 Å². The number of hydrogen-bond donors (Lipinski definition) is 1. The molecule has 0 bridgehead atoms. The quantitative estimate of drug-likeness (QED) is 0.159. The number of carbonyl (C=O) groups is 1. The molecule has 1 N–H and O–H groups in total. The van der Waals surface area contributed by atoms with Gasteiger partial charge in [-0.15, -0.1) is 11.8 Å². The molecule has 0 aliphatic carbocycles.